The van der Waals surface area contributed by atoms with Gasteiger partial charge in [0, 0.05) is 23.7 Å². The molecule has 0 amide bonds. The Hall–Kier alpha value is -2.72. The van der Waals surface area contributed by atoms with Crippen molar-refractivity contribution in [1.29, 1.82) is 0 Å². The molecule has 1 aromatic heterocycles. The molecule has 4 heteroatoms. The Bertz CT molecular complexity index is 841. The molecule has 2 heterocycles. The SMILES string of the molecule is Nc1nc(-c2ccccc2)cc(C2CCN(Cc3ccccc3)CC2)n1. The highest BCUT2D eigenvalue weighted by Crippen LogP contribution is 2.30. The van der Waals surface area contributed by atoms with Crippen molar-refractivity contribution < 1.29 is 0 Å². The highest BCUT2D eigenvalue weighted by atomic mass is 15.1. The molecule has 4 nitrogen and oxygen atoms in total. The molecule has 2 aromatic carbocycles. The molecule has 132 valence electrons. The monoisotopic (exact) mass is 344 g/mol. The maximum Gasteiger partial charge on any atom is 0.220 e. The number of piperidine rings is 1. The Balaban J connectivity index is 1.45. The molecule has 1 saturated heterocycles. The number of aromatic nitrogens is 2. The topological polar surface area (TPSA) is 55.0 Å². The Morgan fingerprint density at radius 1 is 0.885 bits per heavy atom. The number of anilines is 1. The molecule has 1 fully saturated rings. The van der Waals surface area contributed by atoms with Crippen molar-refractivity contribution >= 4 is 5.95 Å². The van der Waals surface area contributed by atoms with Crippen LogP contribution in [0.15, 0.2) is 66.7 Å². The lowest BCUT2D eigenvalue weighted by Gasteiger charge is -2.31. The maximum absolute atomic E-state index is 6.00. The lowest BCUT2D eigenvalue weighted by atomic mass is 9.92. The summed E-state index contributed by atoms with van der Waals surface area (Å²) in [5.74, 6) is 0.822. The van der Waals surface area contributed by atoms with E-state index in [4.69, 9.17) is 5.73 Å². The van der Waals surface area contributed by atoms with Crippen molar-refractivity contribution in [3.8, 4) is 11.3 Å². The zero-order valence-electron chi connectivity index (χ0n) is 14.9. The average molecular weight is 344 g/mol. The van der Waals surface area contributed by atoms with Gasteiger partial charge in [-0.2, -0.15) is 0 Å². The number of hydrogen-bond acceptors (Lipinski definition) is 4. The smallest absolute Gasteiger partial charge is 0.220 e. The van der Waals surface area contributed by atoms with Crippen LogP contribution in [-0.4, -0.2) is 28.0 Å². The second-order valence-electron chi connectivity index (χ2n) is 6.94. The number of likely N-dealkylation sites (tertiary alicyclic amines) is 1. The van der Waals surface area contributed by atoms with Gasteiger partial charge < -0.3 is 5.73 Å². The Morgan fingerprint density at radius 2 is 1.54 bits per heavy atom. The zero-order valence-corrected chi connectivity index (χ0v) is 14.9. The van der Waals surface area contributed by atoms with Crippen LogP contribution in [-0.2, 0) is 6.54 Å². The van der Waals surface area contributed by atoms with E-state index >= 15 is 0 Å². The first-order chi connectivity index (χ1) is 12.8. The number of nitrogen functional groups attached to an aromatic ring is 1. The summed E-state index contributed by atoms with van der Waals surface area (Å²) < 4.78 is 0. The summed E-state index contributed by atoms with van der Waals surface area (Å²) in [5.41, 5.74) is 10.5. The van der Waals surface area contributed by atoms with Crippen LogP contribution in [0.4, 0.5) is 5.95 Å². The van der Waals surface area contributed by atoms with E-state index in [1.54, 1.807) is 0 Å². The number of benzene rings is 2. The molecule has 2 N–H and O–H groups in total. The first-order valence-electron chi connectivity index (χ1n) is 9.24. The van der Waals surface area contributed by atoms with E-state index < -0.39 is 0 Å². The van der Waals surface area contributed by atoms with E-state index in [0.29, 0.717) is 11.9 Å². The predicted octanol–water partition coefficient (Wildman–Crippen LogP) is 4.11. The molecule has 0 radical (unpaired) electrons. The van der Waals surface area contributed by atoms with Crippen molar-refractivity contribution in [2.75, 3.05) is 18.8 Å². The average Bonchev–Trinajstić information content (AvgIpc) is 2.70. The van der Waals surface area contributed by atoms with Crippen molar-refractivity contribution in [2.45, 2.75) is 25.3 Å². The third-order valence-corrected chi connectivity index (χ3v) is 5.09. The van der Waals surface area contributed by atoms with Gasteiger partial charge in [-0.15, -0.1) is 0 Å². The van der Waals surface area contributed by atoms with Gasteiger partial charge in [0.2, 0.25) is 5.95 Å². The third-order valence-electron chi connectivity index (χ3n) is 5.09. The Labute approximate surface area is 154 Å². The Kier molecular flexibility index (Phi) is 4.93. The minimum atomic E-state index is 0.369. The van der Waals surface area contributed by atoms with E-state index in [0.717, 1.165) is 49.4 Å². The van der Waals surface area contributed by atoms with Crippen LogP contribution in [0.1, 0.15) is 30.0 Å². The molecule has 3 aromatic rings. The number of nitrogens with zero attached hydrogens (tertiary/aromatic N) is 3. The van der Waals surface area contributed by atoms with Gasteiger partial charge >= 0.3 is 0 Å². The van der Waals surface area contributed by atoms with E-state index in [1.807, 2.05) is 18.2 Å². The predicted molar refractivity (Wildman–Crippen MR) is 106 cm³/mol. The van der Waals surface area contributed by atoms with E-state index in [2.05, 4.69) is 63.4 Å². The summed E-state index contributed by atoms with van der Waals surface area (Å²) in [6.45, 7) is 3.20. The molecule has 0 bridgehead atoms. The second kappa shape index (κ2) is 7.67. The van der Waals surface area contributed by atoms with Gasteiger partial charge in [0.15, 0.2) is 0 Å². The fourth-order valence-electron chi connectivity index (χ4n) is 3.68. The van der Waals surface area contributed by atoms with Crippen molar-refractivity contribution in [1.82, 2.24) is 14.9 Å². The molecule has 0 unspecified atom stereocenters. The van der Waals surface area contributed by atoms with Gasteiger partial charge in [0.1, 0.15) is 0 Å². The minimum absolute atomic E-state index is 0.369. The first-order valence-corrected chi connectivity index (χ1v) is 9.24. The Morgan fingerprint density at radius 3 is 2.23 bits per heavy atom. The quantitative estimate of drug-likeness (QED) is 0.774. The van der Waals surface area contributed by atoms with Crippen LogP contribution in [0, 0.1) is 0 Å². The summed E-state index contributed by atoms with van der Waals surface area (Å²) in [7, 11) is 0. The molecule has 26 heavy (non-hydrogen) atoms. The molecular formula is C22H24N4. The summed E-state index contributed by atoms with van der Waals surface area (Å²) in [6.07, 6.45) is 2.22. The van der Waals surface area contributed by atoms with Crippen molar-refractivity contribution in [3.05, 3.63) is 78.0 Å². The second-order valence-corrected chi connectivity index (χ2v) is 6.94. The lowest BCUT2D eigenvalue weighted by Crippen LogP contribution is -2.32. The summed E-state index contributed by atoms with van der Waals surface area (Å²) in [5, 5.41) is 0. The number of nitrogens with two attached hydrogens (primary N) is 1. The molecule has 0 spiro atoms. The third kappa shape index (κ3) is 3.92. The normalized spacial score (nSPS) is 15.8. The summed E-state index contributed by atoms with van der Waals surface area (Å²) >= 11 is 0. The van der Waals surface area contributed by atoms with Gasteiger partial charge in [-0.3, -0.25) is 4.90 Å². The molecule has 0 atom stereocenters. The largest absolute Gasteiger partial charge is 0.368 e. The van der Waals surface area contributed by atoms with E-state index in [1.165, 1.54) is 5.56 Å². The zero-order chi connectivity index (χ0) is 17.8. The molecule has 1 aliphatic heterocycles. The highest BCUT2D eigenvalue weighted by molar-refractivity contribution is 5.60. The van der Waals surface area contributed by atoms with Crippen LogP contribution in [0.2, 0.25) is 0 Å². The lowest BCUT2D eigenvalue weighted by molar-refractivity contribution is 0.203. The molecule has 0 saturated carbocycles. The fraction of sp³-hybridized carbons (Fsp3) is 0.273. The van der Waals surface area contributed by atoms with Gasteiger partial charge in [-0.1, -0.05) is 60.7 Å². The number of rotatable bonds is 4. The van der Waals surface area contributed by atoms with Gasteiger partial charge in [-0.05, 0) is 37.6 Å². The van der Waals surface area contributed by atoms with Crippen molar-refractivity contribution in [3.63, 3.8) is 0 Å². The summed E-state index contributed by atoms with van der Waals surface area (Å²) in [4.78, 5) is 11.5. The number of hydrogen-bond donors (Lipinski definition) is 1. The first kappa shape index (κ1) is 16.7. The van der Waals surface area contributed by atoms with E-state index in [9.17, 15) is 0 Å². The molecule has 1 aliphatic rings. The highest BCUT2D eigenvalue weighted by Gasteiger charge is 2.22. The van der Waals surface area contributed by atoms with Crippen LogP contribution in [0.5, 0.6) is 0 Å². The van der Waals surface area contributed by atoms with Crippen molar-refractivity contribution in [2.24, 2.45) is 0 Å². The minimum Gasteiger partial charge on any atom is -0.368 e. The van der Waals surface area contributed by atoms with Crippen LogP contribution in [0.25, 0.3) is 11.3 Å². The standard InChI is InChI=1S/C22H24N4/c23-22-24-20(18-9-5-2-6-10-18)15-21(25-22)19-11-13-26(14-12-19)16-17-7-3-1-4-8-17/h1-10,15,19H,11-14,16H2,(H2,23,24,25). The van der Waals surface area contributed by atoms with Gasteiger partial charge in [0.25, 0.3) is 0 Å². The van der Waals surface area contributed by atoms with Crippen LogP contribution >= 0.6 is 0 Å². The van der Waals surface area contributed by atoms with Crippen LogP contribution < -0.4 is 5.73 Å². The van der Waals surface area contributed by atoms with Gasteiger partial charge in [0.05, 0.1) is 5.69 Å². The fourth-order valence-corrected chi connectivity index (χ4v) is 3.68. The molecule has 0 aliphatic carbocycles. The molecular weight excluding hydrogens is 320 g/mol. The maximum atomic E-state index is 6.00. The van der Waals surface area contributed by atoms with Gasteiger partial charge in [-0.25, -0.2) is 9.97 Å². The molecule has 4 rings (SSSR count). The van der Waals surface area contributed by atoms with E-state index in [-0.39, 0.29) is 0 Å². The summed E-state index contributed by atoms with van der Waals surface area (Å²) in [6, 6.07) is 23.0. The van der Waals surface area contributed by atoms with Crippen LogP contribution in [0.3, 0.4) is 0 Å².